The Hall–Kier alpha value is -2.25. The largest absolute Gasteiger partial charge is 0.383 e. The number of nitrogen functional groups attached to an aromatic ring is 1. The van der Waals surface area contributed by atoms with Crippen LogP contribution < -0.4 is 11.1 Å². The van der Waals surface area contributed by atoms with Crippen molar-refractivity contribution in [3.05, 3.63) is 17.2 Å². The lowest BCUT2D eigenvalue weighted by molar-refractivity contribution is -0.119. The zero-order valence-corrected chi connectivity index (χ0v) is 13.8. The summed E-state index contributed by atoms with van der Waals surface area (Å²) in [6.07, 6.45) is 4.53. The summed E-state index contributed by atoms with van der Waals surface area (Å²) in [5, 5.41) is 21.5. The highest BCUT2D eigenvalue weighted by Crippen LogP contribution is 2.25. The summed E-state index contributed by atoms with van der Waals surface area (Å²) in [6, 6.07) is 5.52. The van der Waals surface area contributed by atoms with Gasteiger partial charge in [-0.2, -0.15) is 10.5 Å². The number of nitrogens with zero attached hydrogens (tertiary/aromatic N) is 3. The van der Waals surface area contributed by atoms with Gasteiger partial charge in [-0.25, -0.2) is 4.98 Å². The molecule has 6 nitrogen and oxygen atoms in total. The summed E-state index contributed by atoms with van der Waals surface area (Å²) >= 11 is 1.17. The monoisotopic (exact) mass is 329 g/mol. The summed E-state index contributed by atoms with van der Waals surface area (Å²) in [7, 11) is 0. The molecule has 0 bridgehead atoms. The van der Waals surface area contributed by atoms with Gasteiger partial charge in [-0.15, -0.1) is 0 Å². The standard InChI is InChI=1S/C16H19N5OS/c1-10-4-2-3-5-13(10)20-14(22)9-23-16-12(8-18)6-11(7-17)15(19)21-16/h6,10,13H,2-5,9H2,1H3,(H2,19,21)(H,20,22)/t10-,13-/m0/s1. The van der Waals surface area contributed by atoms with Crippen LogP contribution >= 0.6 is 11.8 Å². The van der Waals surface area contributed by atoms with Crippen LogP contribution in [0.3, 0.4) is 0 Å². The second-order valence-corrected chi connectivity index (χ2v) is 6.69. The Morgan fingerprint density at radius 1 is 1.39 bits per heavy atom. The highest BCUT2D eigenvalue weighted by molar-refractivity contribution is 8.00. The van der Waals surface area contributed by atoms with Crippen molar-refractivity contribution in [1.29, 1.82) is 10.5 Å². The second kappa shape index (κ2) is 7.85. The Bertz CT molecular complexity index is 676. The summed E-state index contributed by atoms with van der Waals surface area (Å²) in [5.74, 6) is 0.685. The Labute approximate surface area is 140 Å². The molecule has 1 heterocycles. The quantitative estimate of drug-likeness (QED) is 0.818. The number of carbonyl (C=O) groups is 1. The maximum absolute atomic E-state index is 12.1. The van der Waals surface area contributed by atoms with Crippen LogP contribution in [-0.4, -0.2) is 22.7 Å². The molecule has 1 amide bonds. The fraction of sp³-hybridized carbons (Fsp3) is 0.500. The molecule has 1 fully saturated rings. The third-order valence-electron chi connectivity index (χ3n) is 4.06. The summed E-state index contributed by atoms with van der Waals surface area (Å²) in [6.45, 7) is 2.16. The van der Waals surface area contributed by atoms with Crippen LogP contribution in [0.1, 0.15) is 43.7 Å². The van der Waals surface area contributed by atoms with Gasteiger partial charge in [0.1, 0.15) is 23.0 Å². The topological polar surface area (TPSA) is 116 Å². The molecule has 1 aromatic heterocycles. The number of pyridine rings is 1. The van der Waals surface area contributed by atoms with Gasteiger partial charge in [-0.05, 0) is 24.8 Å². The van der Waals surface area contributed by atoms with Crippen LogP contribution in [0, 0.1) is 28.6 Å². The third kappa shape index (κ3) is 4.37. The third-order valence-corrected chi connectivity index (χ3v) is 5.05. The minimum Gasteiger partial charge on any atom is -0.383 e. The first-order valence-electron chi connectivity index (χ1n) is 7.58. The summed E-state index contributed by atoms with van der Waals surface area (Å²) in [5.41, 5.74) is 6.11. The molecule has 1 aliphatic rings. The number of amides is 1. The van der Waals surface area contributed by atoms with Crippen molar-refractivity contribution < 1.29 is 4.79 Å². The van der Waals surface area contributed by atoms with Gasteiger partial charge in [0.25, 0.3) is 0 Å². The predicted molar refractivity (Wildman–Crippen MR) is 88.4 cm³/mol. The molecule has 0 radical (unpaired) electrons. The number of nitrogens with two attached hydrogens (primary N) is 1. The number of hydrogen-bond donors (Lipinski definition) is 2. The molecule has 2 rings (SSSR count). The summed E-state index contributed by atoms with van der Waals surface area (Å²) in [4.78, 5) is 16.2. The maximum atomic E-state index is 12.1. The van der Waals surface area contributed by atoms with Crippen LogP contribution in [0.2, 0.25) is 0 Å². The van der Waals surface area contributed by atoms with E-state index in [2.05, 4.69) is 17.2 Å². The Balaban J connectivity index is 1.98. The van der Waals surface area contributed by atoms with Crippen LogP contribution in [0.25, 0.3) is 0 Å². The zero-order chi connectivity index (χ0) is 16.8. The van der Waals surface area contributed by atoms with Gasteiger partial charge in [0, 0.05) is 6.04 Å². The van der Waals surface area contributed by atoms with E-state index in [9.17, 15) is 4.79 Å². The minimum atomic E-state index is -0.0672. The van der Waals surface area contributed by atoms with Crippen molar-refractivity contribution in [2.24, 2.45) is 5.92 Å². The number of carbonyl (C=O) groups excluding carboxylic acids is 1. The first-order chi connectivity index (χ1) is 11.0. The van der Waals surface area contributed by atoms with E-state index in [1.807, 2.05) is 12.1 Å². The Morgan fingerprint density at radius 2 is 2.09 bits per heavy atom. The van der Waals surface area contributed by atoms with E-state index in [-0.39, 0.29) is 34.6 Å². The lowest BCUT2D eigenvalue weighted by atomic mass is 9.86. The van der Waals surface area contributed by atoms with Crippen molar-refractivity contribution in [2.75, 3.05) is 11.5 Å². The maximum Gasteiger partial charge on any atom is 0.230 e. The average molecular weight is 329 g/mol. The van der Waals surface area contributed by atoms with E-state index in [0.29, 0.717) is 10.9 Å². The number of nitrogens with one attached hydrogen (secondary N) is 1. The van der Waals surface area contributed by atoms with Crippen molar-refractivity contribution >= 4 is 23.5 Å². The molecule has 120 valence electrons. The molecule has 1 aromatic rings. The second-order valence-electron chi connectivity index (χ2n) is 5.72. The van der Waals surface area contributed by atoms with E-state index >= 15 is 0 Å². The molecular formula is C16H19N5OS. The molecule has 0 unspecified atom stereocenters. The molecule has 2 atom stereocenters. The predicted octanol–water partition coefficient (Wildman–Crippen LogP) is 2.19. The van der Waals surface area contributed by atoms with Gasteiger partial charge in [0.2, 0.25) is 5.91 Å². The van der Waals surface area contributed by atoms with E-state index < -0.39 is 0 Å². The molecular weight excluding hydrogens is 310 g/mol. The number of hydrogen-bond acceptors (Lipinski definition) is 6. The van der Waals surface area contributed by atoms with E-state index in [0.717, 1.165) is 19.3 Å². The van der Waals surface area contributed by atoms with Crippen molar-refractivity contribution in [2.45, 2.75) is 43.7 Å². The first-order valence-corrected chi connectivity index (χ1v) is 8.56. The van der Waals surface area contributed by atoms with E-state index in [1.54, 1.807) is 0 Å². The molecule has 1 aliphatic carbocycles. The molecule has 23 heavy (non-hydrogen) atoms. The van der Waals surface area contributed by atoms with Crippen LogP contribution in [0.15, 0.2) is 11.1 Å². The molecule has 7 heteroatoms. The number of nitriles is 2. The molecule has 1 saturated carbocycles. The molecule has 0 saturated heterocycles. The highest BCUT2D eigenvalue weighted by Gasteiger charge is 2.23. The lowest BCUT2D eigenvalue weighted by Gasteiger charge is -2.29. The van der Waals surface area contributed by atoms with Crippen molar-refractivity contribution in [1.82, 2.24) is 10.3 Å². The number of anilines is 1. The van der Waals surface area contributed by atoms with Crippen molar-refractivity contribution in [3.8, 4) is 12.1 Å². The molecule has 0 spiro atoms. The lowest BCUT2D eigenvalue weighted by Crippen LogP contribution is -2.41. The van der Waals surface area contributed by atoms with Crippen molar-refractivity contribution in [3.63, 3.8) is 0 Å². The van der Waals surface area contributed by atoms with E-state index in [1.165, 1.54) is 24.2 Å². The number of thioether (sulfide) groups is 1. The molecule has 0 aliphatic heterocycles. The van der Waals surface area contributed by atoms with Gasteiger partial charge >= 0.3 is 0 Å². The fourth-order valence-electron chi connectivity index (χ4n) is 2.70. The van der Waals surface area contributed by atoms with E-state index in [4.69, 9.17) is 16.3 Å². The fourth-order valence-corrected chi connectivity index (χ4v) is 3.48. The first kappa shape index (κ1) is 17.1. The smallest absolute Gasteiger partial charge is 0.230 e. The van der Waals surface area contributed by atoms with Gasteiger partial charge in [0.05, 0.1) is 16.9 Å². The average Bonchev–Trinajstić information content (AvgIpc) is 2.55. The zero-order valence-electron chi connectivity index (χ0n) is 13.0. The SMILES string of the molecule is C[C@H]1CCCC[C@@H]1NC(=O)CSc1nc(N)c(C#N)cc1C#N. The van der Waals surface area contributed by atoms with Gasteiger partial charge < -0.3 is 11.1 Å². The Kier molecular flexibility index (Phi) is 5.84. The number of aromatic nitrogens is 1. The van der Waals surface area contributed by atoms with Gasteiger partial charge in [0.15, 0.2) is 0 Å². The minimum absolute atomic E-state index is 0.0672. The van der Waals surface area contributed by atoms with Crippen LogP contribution in [0.4, 0.5) is 5.82 Å². The van der Waals surface area contributed by atoms with Crippen LogP contribution in [0.5, 0.6) is 0 Å². The normalized spacial score (nSPS) is 20.3. The van der Waals surface area contributed by atoms with Crippen LogP contribution in [-0.2, 0) is 4.79 Å². The summed E-state index contributed by atoms with van der Waals surface area (Å²) < 4.78 is 0. The molecule has 3 N–H and O–H groups in total. The van der Waals surface area contributed by atoms with Gasteiger partial charge in [-0.1, -0.05) is 31.5 Å². The Morgan fingerprint density at radius 3 is 2.74 bits per heavy atom. The molecule has 0 aromatic carbocycles. The van der Waals surface area contributed by atoms with Gasteiger partial charge in [-0.3, -0.25) is 4.79 Å². The number of rotatable bonds is 4. The highest BCUT2D eigenvalue weighted by atomic mass is 32.2.